The van der Waals surface area contributed by atoms with Crippen LogP contribution in [0.1, 0.15) is 21.8 Å². The maximum absolute atomic E-state index is 13.1. The van der Waals surface area contributed by atoms with Crippen LogP contribution < -0.4 is 5.43 Å². The van der Waals surface area contributed by atoms with E-state index in [2.05, 4.69) is 10.5 Å². The van der Waals surface area contributed by atoms with E-state index in [0.29, 0.717) is 17.8 Å². The van der Waals surface area contributed by atoms with Crippen LogP contribution in [0.3, 0.4) is 0 Å². The molecule has 0 fully saturated rings. The van der Waals surface area contributed by atoms with Crippen molar-refractivity contribution < 1.29 is 4.79 Å². The van der Waals surface area contributed by atoms with E-state index in [1.54, 1.807) is 0 Å². The van der Waals surface area contributed by atoms with Crippen molar-refractivity contribution in [1.82, 2.24) is 5.43 Å². The monoisotopic (exact) mass is 300 g/mol. The molecule has 0 saturated heterocycles. The first kappa shape index (κ1) is 13.7. The Morgan fingerprint density at radius 1 is 0.913 bits per heavy atom. The molecule has 1 N–H and O–H groups in total. The van der Waals surface area contributed by atoms with Gasteiger partial charge in [0.15, 0.2) is 0 Å². The Balaban J connectivity index is 1.76. The zero-order chi connectivity index (χ0) is 15.6. The molecular formula is C20H16N2O. The molecule has 0 aromatic heterocycles. The predicted molar refractivity (Wildman–Crippen MR) is 92.9 cm³/mol. The number of fused-ring (bicyclic) bond motifs is 1. The van der Waals surface area contributed by atoms with E-state index in [4.69, 9.17) is 0 Å². The first-order valence-corrected chi connectivity index (χ1v) is 7.72. The molecule has 3 heteroatoms. The largest absolute Gasteiger partial charge is 0.309 e. The molecule has 0 aliphatic carbocycles. The summed E-state index contributed by atoms with van der Waals surface area (Å²) in [6, 6.07) is 23.8. The fraction of sp³-hybridized carbons (Fsp3) is 0.100. The number of hydrogen-bond donors (Lipinski definition) is 1. The van der Waals surface area contributed by atoms with Gasteiger partial charge in [0.05, 0.1) is 5.92 Å². The standard InChI is InChI=1S/C20H16N2O/c23-20(17-12-6-10-14-9-4-5-11-16(14)17)19-18(13-21-22-19)15-7-2-1-3-8-15/h1-12,18,21H,13H2. The smallest absolute Gasteiger partial charge is 0.210 e. The Morgan fingerprint density at radius 2 is 1.65 bits per heavy atom. The van der Waals surface area contributed by atoms with E-state index < -0.39 is 0 Å². The average molecular weight is 300 g/mol. The molecule has 0 radical (unpaired) electrons. The van der Waals surface area contributed by atoms with Crippen LogP contribution in [0.2, 0.25) is 0 Å². The van der Waals surface area contributed by atoms with Gasteiger partial charge in [0.25, 0.3) is 0 Å². The van der Waals surface area contributed by atoms with Crippen LogP contribution >= 0.6 is 0 Å². The van der Waals surface area contributed by atoms with Gasteiger partial charge in [0.1, 0.15) is 5.71 Å². The van der Waals surface area contributed by atoms with E-state index in [1.807, 2.05) is 72.8 Å². The highest BCUT2D eigenvalue weighted by atomic mass is 16.1. The minimum atomic E-state index is 0.000605. The van der Waals surface area contributed by atoms with Crippen LogP contribution in [0.5, 0.6) is 0 Å². The zero-order valence-electron chi connectivity index (χ0n) is 12.6. The lowest BCUT2D eigenvalue weighted by Crippen LogP contribution is -2.21. The van der Waals surface area contributed by atoms with Gasteiger partial charge in [-0.15, -0.1) is 0 Å². The Labute approximate surface area is 134 Å². The van der Waals surface area contributed by atoms with Crippen LogP contribution in [-0.4, -0.2) is 18.0 Å². The summed E-state index contributed by atoms with van der Waals surface area (Å²) in [6.07, 6.45) is 0. The van der Waals surface area contributed by atoms with Gasteiger partial charge < -0.3 is 5.43 Å². The molecule has 3 aromatic rings. The molecule has 23 heavy (non-hydrogen) atoms. The highest BCUT2D eigenvalue weighted by Crippen LogP contribution is 2.25. The summed E-state index contributed by atoms with van der Waals surface area (Å²) in [6.45, 7) is 0.663. The molecule has 1 heterocycles. The van der Waals surface area contributed by atoms with Crippen molar-refractivity contribution >= 4 is 22.3 Å². The molecule has 4 rings (SSSR count). The first-order valence-electron chi connectivity index (χ1n) is 7.72. The number of rotatable bonds is 3. The van der Waals surface area contributed by atoms with Crippen LogP contribution in [-0.2, 0) is 0 Å². The number of nitrogens with zero attached hydrogens (tertiary/aromatic N) is 1. The minimum Gasteiger partial charge on any atom is -0.309 e. The van der Waals surface area contributed by atoms with Crippen molar-refractivity contribution in [3.8, 4) is 0 Å². The van der Waals surface area contributed by atoms with E-state index in [9.17, 15) is 4.79 Å². The first-order chi connectivity index (χ1) is 11.3. The molecule has 1 aliphatic heterocycles. The summed E-state index contributed by atoms with van der Waals surface area (Å²) in [5, 5.41) is 6.34. The summed E-state index contributed by atoms with van der Waals surface area (Å²) in [5.74, 6) is 0.00308. The van der Waals surface area contributed by atoms with Gasteiger partial charge in [-0.3, -0.25) is 4.79 Å². The highest BCUT2D eigenvalue weighted by molar-refractivity contribution is 6.49. The number of benzene rings is 3. The number of hydrogen-bond acceptors (Lipinski definition) is 3. The Morgan fingerprint density at radius 3 is 2.52 bits per heavy atom. The third-order valence-corrected chi connectivity index (χ3v) is 4.29. The number of carbonyl (C=O) groups excluding carboxylic acids is 1. The normalized spacial score (nSPS) is 16.9. The maximum atomic E-state index is 13.1. The molecule has 3 aromatic carbocycles. The molecule has 0 bridgehead atoms. The van der Waals surface area contributed by atoms with Crippen molar-refractivity contribution in [3.63, 3.8) is 0 Å². The van der Waals surface area contributed by atoms with Gasteiger partial charge in [0.2, 0.25) is 5.78 Å². The Kier molecular flexibility index (Phi) is 3.39. The quantitative estimate of drug-likeness (QED) is 0.748. The van der Waals surface area contributed by atoms with E-state index in [-0.39, 0.29) is 11.7 Å². The topological polar surface area (TPSA) is 41.5 Å². The second kappa shape index (κ2) is 5.69. The third kappa shape index (κ3) is 2.40. The average Bonchev–Trinajstić information content (AvgIpc) is 3.11. The van der Waals surface area contributed by atoms with Gasteiger partial charge in [0, 0.05) is 12.1 Å². The molecule has 0 spiro atoms. The Bertz CT molecular complexity index is 894. The van der Waals surface area contributed by atoms with E-state index in [1.165, 1.54) is 0 Å². The summed E-state index contributed by atoms with van der Waals surface area (Å²) in [4.78, 5) is 13.1. The fourth-order valence-electron chi connectivity index (χ4n) is 3.13. The number of hydrazone groups is 1. The van der Waals surface area contributed by atoms with E-state index in [0.717, 1.165) is 16.3 Å². The molecule has 1 aliphatic rings. The molecule has 0 saturated carbocycles. The van der Waals surface area contributed by atoms with Gasteiger partial charge in [-0.2, -0.15) is 5.10 Å². The SMILES string of the molecule is O=C(C1=NNCC1c1ccccc1)c1cccc2ccccc12. The lowest BCUT2D eigenvalue weighted by Gasteiger charge is -2.12. The summed E-state index contributed by atoms with van der Waals surface area (Å²) in [5.41, 5.74) is 5.41. The van der Waals surface area contributed by atoms with Crippen molar-refractivity contribution in [2.45, 2.75) is 5.92 Å². The van der Waals surface area contributed by atoms with Crippen molar-refractivity contribution in [2.75, 3.05) is 6.54 Å². The molecule has 112 valence electrons. The number of nitrogens with one attached hydrogen (secondary N) is 1. The summed E-state index contributed by atoms with van der Waals surface area (Å²) < 4.78 is 0. The van der Waals surface area contributed by atoms with Crippen LogP contribution in [0.15, 0.2) is 77.9 Å². The fourth-order valence-corrected chi connectivity index (χ4v) is 3.13. The van der Waals surface area contributed by atoms with Crippen molar-refractivity contribution in [1.29, 1.82) is 0 Å². The highest BCUT2D eigenvalue weighted by Gasteiger charge is 2.30. The number of ketones is 1. The maximum Gasteiger partial charge on any atom is 0.210 e. The van der Waals surface area contributed by atoms with Crippen LogP contribution in [0.4, 0.5) is 0 Å². The van der Waals surface area contributed by atoms with Gasteiger partial charge >= 0.3 is 0 Å². The van der Waals surface area contributed by atoms with Gasteiger partial charge in [-0.25, -0.2) is 0 Å². The third-order valence-electron chi connectivity index (χ3n) is 4.29. The van der Waals surface area contributed by atoms with E-state index >= 15 is 0 Å². The van der Waals surface area contributed by atoms with Crippen LogP contribution in [0.25, 0.3) is 10.8 Å². The summed E-state index contributed by atoms with van der Waals surface area (Å²) >= 11 is 0. The second-order valence-electron chi connectivity index (χ2n) is 5.68. The number of Topliss-reactive ketones (excluding diaryl/α,β-unsaturated/α-hetero) is 1. The van der Waals surface area contributed by atoms with Gasteiger partial charge in [-0.05, 0) is 16.3 Å². The molecule has 1 unspecified atom stereocenters. The molecule has 0 amide bonds. The van der Waals surface area contributed by atoms with Crippen LogP contribution in [0, 0.1) is 0 Å². The van der Waals surface area contributed by atoms with Crippen molar-refractivity contribution in [2.24, 2.45) is 5.10 Å². The predicted octanol–water partition coefficient (Wildman–Crippen LogP) is 3.77. The zero-order valence-corrected chi connectivity index (χ0v) is 12.6. The van der Waals surface area contributed by atoms with Gasteiger partial charge in [-0.1, -0.05) is 72.8 Å². The second-order valence-corrected chi connectivity index (χ2v) is 5.68. The van der Waals surface area contributed by atoms with Crippen molar-refractivity contribution in [3.05, 3.63) is 83.9 Å². The molecular weight excluding hydrogens is 284 g/mol. The number of carbonyl (C=O) groups is 1. The Hall–Kier alpha value is -2.94. The molecule has 1 atom stereocenters. The molecule has 3 nitrogen and oxygen atoms in total. The lowest BCUT2D eigenvalue weighted by molar-refractivity contribution is 0.106. The minimum absolute atomic E-state index is 0.000605. The lowest BCUT2D eigenvalue weighted by atomic mass is 9.89. The summed E-state index contributed by atoms with van der Waals surface area (Å²) in [7, 11) is 0.